The lowest BCUT2D eigenvalue weighted by Crippen LogP contribution is -2.06. The van der Waals surface area contributed by atoms with Crippen molar-refractivity contribution in [3.05, 3.63) is 39.9 Å². The maximum atomic E-state index is 11.7. The molecule has 1 aliphatic rings. The molecular formula is C12H9NO3. The van der Waals surface area contributed by atoms with Gasteiger partial charge in [0.25, 0.3) is 0 Å². The van der Waals surface area contributed by atoms with Crippen LogP contribution in [0.5, 0.6) is 0 Å². The zero-order chi connectivity index (χ0) is 11.3. The fraction of sp³-hybridized carbons (Fsp3) is 0.167. The molecule has 1 aromatic heterocycles. The molecule has 1 N–H and O–H groups in total. The lowest BCUT2D eigenvalue weighted by molar-refractivity contribution is 0.0994. The quantitative estimate of drug-likeness (QED) is 0.732. The van der Waals surface area contributed by atoms with Crippen molar-refractivity contribution in [1.29, 1.82) is 0 Å². The molecule has 16 heavy (non-hydrogen) atoms. The summed E-state index contributed by atoms with van der Waals surface area (Å²) in [6.07, 6.45) is 2.31. The molecule has 0 bridgehead atoms. The van der Waals surface area contributed by atoms with E-state index in [0.29, 0.717) is 23.1 Å². The van der Waals surface area contributed by atoms with Crippen LogP contribution in [0.25, 0.3) is 16.7 Å². The molecule has 0 saturated heterocycles. The first-order valence-electron chi connectivity index (χ1n) is 5.02. The summed E-state index contributed by atoms with van der Waals surface area (Å²) in [5.41, 5.74) is 3.62. The molecule has 0 saturated carbocycles. The third kappa shape index (κ3) is 1.16. The van der Waals surface area contributed by atoms with Crippen LogP contribution in [-0.2, 0) is 0 Å². The van der Waals surface area contributed by atoms with Crippen molar-refractivity contribution in [3.8, 4) is 0 Å². The van der Waals surface area contributed by atoms with Gasteiger partial charge in [-0.15, -0.1) is 0 Å². The minimum atomic E-state index is -0.494. The normalized spacial score (nSPS) is 15.1. The second-order valence-electron chi connectivity index (χ2n) is 3.92. The number of ketones is 1. The third-order valence-corrected chi connectivity index (χ3v) is 2.88. The van der Waals surface area contributed by atoms with Crippen LogP contribution < -0.4 is 5.76 Å². The first-order chi connectivity index (χ1) is 7.65. The van der Waals surface area contributed by atoms with E-state index in [-0.39, 0.29) is 5.78 Å². The molecule has 0 aliphatic heterocycles. The maximum Gasteiger partial charge on any atom is 0.417 e. The van der Waals surface area contributed by atoms with Gasteiger partial charge < -0.3 is 4.42 Å². The molecular weight excluding hydrogens is 206 g/mol. The van der Waals surface area contributed by atoms with Gasteiger partial charge in [0, 0.05) is 12.0 Å². The highest BCUT2D eigenvalue weighted by Gasteiger charge is 2.18. The number of aromatic nitrogens is 1. The topological polar surface area (TPSA) is 63.1 Å². The number of oxazole rings is 1. The summed E-state index contributed by atoms with van der Waals surface area (Å²) < 4.78 is 4.97. The molecule has 1 aliphatic carbocycles. The lowest BCUT2D eigenvalue weighted by Gasteiger charge is -2.13. The highest BCUT2D eigenvalue weighted by Crippen LogP contribution is 2.29. The van der Waals surface area contributed by atoms with Gasteiger partial charge >= 0.3 is 5.76 Å². The van der Waals surface area contributed by atoms with E-state index in [4.69, 9.17) is 4.42 Å². The van der Waals surface area contributed by atoms with Gasteiger partial charge in [-0.3, -0.25) is 9.78 Å². The van der Waals surface area contributed by atoms with Crippen LogP contribution in [-0.4, -0.2) is 10.8 Å². The van der Waals surface area contributed by atoms with Crippen molar-refractivity contribution < 1.29 is 9.21 Å². The van der Waals surface area contributed by atoms with Crippen molar-refractivity contribution in [1.82, 2.24) is 4.98 Å². The van der Waals surface area contributed by atoms with Crippen LogP contribution in [0.4, 0.5) is 0 Å². The van der Waals surface area contributed by atoms with Gasteiger partial charge in [0.15, 0.2) is 11.4 Å². The SMILES string of the molecule is CC1=CCC(=O)c2cc3[nH]c(=O)oc3cc21. The number of allylic oxidation sites excluding steroid dienone is 2. The molecule has 4 nitrogen and oxygen atoms in total. The van der Waals surface area contributed by atoms with Gasteiger partial charge in [-0.2, -0.15) is 0 Å². The van der Waals surface area contributed by atoms with Gasteiger partial charge in [0.2, 0.25) is 0 Å². The van der Waals surface area contributed by atoms with Crippen LogP contribution in [0.2, 0.25) is 0 Å². The van der Waals surface area contributed by atoms with Crippen molar-refractivity contribution in [2.45, 2.75) is 13.3 Å². The van der Waals surface area contributed by atoms with E-state index in [0.717, 1.165) is 11.1 Å². The maximum absolute atomic E-state index is 11.7. The fourth-order valence-electron chi connectivity index (χ4n) is 2.02. The van der Waals surface area contributed by atoms with Crippen molar-refractivity contribution in [2.75, 3.05) is 0 Å². The molecule has 0 amide bonds. The molecule has 3 rings (SSSR count). The number of nitrogens with one attached hydrogen (secondary N) is 1. The summed E-state index contributed by atoms with van der Waals surface area (Å²) in [5.74, 6) is -0.420. The number of benzene rings is 1. The summed E-state index contributed by atoms with van der Waals surface area (Å²) in [6.45, 7) is 1.95. The first-order valence-corrected chi connectivity index (χ1v) is 5.02. The number of rotatable bonds is 0. The van der Waals surface area contributed by atoms with E-state index in [1.807, 2.05) is 13.0 Å². The summed E-state index contributed by atoms with van der Waals surface area (Å²) in [7, 11) is 0. The van der Waals surface area contributed by atoms with Crippen LogP contribution in [0.3, 0.4) is 0 Å². The minimum absolute atomic E-state index is 0.0737. The molecule has 0 radical (unpaired) electrons. The Hall–Kier alpha value is -2.10. The predicted octanol–water partition coefficient (Wildman–Crippen LogP) is 2.11. The fourth-order valence-corrected chi connectivity index (χ4v) is 2.02. The van der Waals surface area contributed by atoms with Crippen LogP contribution in [0, 0.1) is 0 Å². The van der Waals surface area contributed by atoms with Crippen molar-refractivity contribution in [3.63, 3.8) is 0 Å². The Bertz CT molecular complexity index is 688. The molecule has 1 aromatic carbocycles. The zero-order valence-electron chi connectivity index (χ0n) is 8.66. The Labute approximate surface area is 90.6 Å². The number of hydrogen-bond donors (Lipinski definition) is 1. The largest absolute Gasteiger partial charge is 0.417 e. The van der Waals surface area contributed by atoms with E-state index in [2.05, 4.69) is 4.98 Å². The number of H-pyrrole nitrogens is 1. The van der Waals surface area contributed by atoms with E-state index in [1.165, 1.54) is 0 Å². The number of carbonyl (C=O) groups is 1. The van der Waals surface area contributed by atoms with Gasteiger partial charge in [0.05, 0.1) is 5.52 Å². The van der Waals surface area contributed by atoms with Crippen LogP contribution in [0.15, 0.2) is 27.4 Å². The Kier molecular flexibility index (Phi) is 1.68. The standard InChI is InChI=1S/C12H9NO3/c1-6-2-3-10(14)8-4-9-11(5-7(6)8)16-12(15)13-9/h2,4-5H,3H2,1H3,(H,13,15). The zero-order valence-corrected chi connectivity index (χ0v) is 8.66. The number of aromatic amines is 1. The van der Waals surface area contributed by atoms with E-state index in [9.17, 15) is 9.59 Å². The summed E-state index contributed by atoms with van der Waals surface area (Å²) >= 11 is 0. The lowest BCUT2D eigenvalue weighted by atomic mass is 9.90. The summed E-state index contributed by atoms with van der Waals surface area (Å²) in [6, 6.07) is 3.43. The van der Waals surface area contributed by atoms with Crippen LogP contribution >= 0.6 is 0 Å². The van der Waals surface area contributed by atoms with Gasteiger partial charge in [-0.05, 0) is 30.2 Å². The predicted molar refractivity (Wildman–Crippen MR) is 59.4 cm³/mol. The Morgan fingerprint density at radius 3 is 2.88 bits per heavy atom. The van der Waals surface area contributed by atoms with E-state index in [1.54, 1.807) is 12.1 Å². The molecule has 0 atom stereocenters. The first kappa shape index (κ1) is 9.15. The molecule has 0 spiro atoms. The molecule has 2 aromatic rings. The Balaban J connectivity index is 2.42. The number of carbonyl (C=O) groups excluding carboxylic acids is 1. The van der Waals surface area contributed by atoms with E-state index >= 15 is 0 Å². The second kappa shape index (κ2) is 2.95. The highest BCUT2D eigenvalue weighted by atomic mass is 16.4. The average Bonchev–Trinajstić information content (AvgIpc) is 2.61. The third-order valence-electron chi connectivity index (χ3n) is 2.88. The number of Topliss-reactive ketones (excluding diaryl/α,β-unsaturated/α-hetero) is 1. The summed E-state index contributed by atoms with van der Waals surface area (Å²) in [4.78, 5) is 25.3. The van der Waals surface area contributed by atoms with Crippen molar-refractivity contribution in [2.24, 2.45) is 0 Å². The molecule has 1 heterocycles. The monoisotopic (exact) mass is 215 g/mol. The van der Waals surface area contributed by atoms with Gasteiger partial charge in [0.1, 0.15) is 0 Å². The second-order valence-corrected chi connectivity index (χ2v) is 3.92. The highest BCUT2D eigenvalue weighted by molar-refractivity contribution is 6.06. The molecule has 4 heteroatoms. The van der Waals surface area contributed by atoms with Gasteiger partial charge in [-0.1, -0.05) is 6.08 Å². The molecule has 80 valence electrons. The van der Waals surface area contributed by atoms with Crippen molar-refractivity contribution >= 4 is 22.5 Å². The van der Waals surface area contributed by atoms with Crippen LogP contribution in [0.1, 0.15) is 29.3 Å². The Morgan fingerprint density at radius 1 is 1.25 bits per heavy atom. The smallest absolute Gasteiger partial charge is 0.408 e. The average molecular weight is 215 g/mol. The summed E-state index contributed by atoms with van der Waals surface area (Å²) in [5, 5.41) is 0. The molecule has 0 fully saturated rings. The molecule has 0 unspecified atom stereocenters. The number of fused-ring (bicyclic) bond motifs is 2. The number of hydrogen-bond acceptors (Lipinski definition) is 3. The Morgan fingerprint density at radius 2 is 2.06 bits per heavy atom. The van der Waals surface area contributed by atoms with Gasteiger partial charge in [-0.25, -0.2) is 4.79 Å². The minimum Gasteiger partial charge on any atom is -0.408 e. The van der Waals surface area contributed by atoms with E-state index < -0.39 is 5.76 Å².